The summed E-state index contributed by atoms with van der Waals surface area (Å²) in [6.45, 7) is 5.72. The number of benzene rings is 1. The van der Waals surface area contributed by atoms with E-state index in [1.165, 1.54) is 11.3 Å². The fourth-order valence-electron chi connectivity index (χ4n) is 1.64. The van der Waals surface area contributed by atoms with E-state index in [0.717, 1.165) is 22.6 Å². The maximum Gasteiger partial charge on any atom is 0.264 e. The van der Waals surface area contributed by atoms with Crippen molar-refractivity contribution in [3.8, 4) is 5.75 Å². The Labute approximate surface area is 121 Å². The van der Waals surface area contributed by atoms with Crippen molar-refractivity contribution >= 4 is 27.4 Å². The number of nitrogens with zero attached hydrogens (tertiary/aromatic N) is 1. The first-order valence-electron chi connectivity index (χ1n) is 6.19. The van der Waals surface area contributed by atoms with E-state index in [4.69, 9.17) is 10.5 Å². The molecule has 0 saturated heterocycles. The van der Waals surface area contributed by atoms with E-state index in [1.54, 1.807) is 6.92 Å². The fourth-order valence-corrected chi connectivity index (χ4v) is 2.39. The quantitative estimate of drug-likeness (QED) is 0.908. The molecule has 3 N–H and O–H groups in total. The van der Waals surface area contributed by atoms with E-state index >= 15 is 0 Å². The smallest absolute Gasteiger partial charge is 0.264 e. The number of nitrogens with two attached hydrogens (primary N) is 1. The molecule has 0 radical (unpaired) electrons. The Balaban J connectivity index is 1.94. The van der Waals surface area contributed by atoms with Crippen molar-refractivity contribution in [2.75, 3.05) is 17.7 Å². The number of aromatic nitrogens is 1. The number of carbonyl (C=O) groups is 1. The van der Waals surface area contributed by atoms with Gasteiger partial charge in [0.05, 0.1) is 5.69 Å². The van der Waals surface area contributed by atoms with E-state index in [9.17, 15) is 4.79 Å². The second kappa shape index (κ2) is 5.92. The third kappa shape index (κ3) is 3.27. The van der Waals surface area contributed by atoms with Gasteiger partial charge in [-0.3, -0.25) is 10.1 Å². The number of hydrogen-bond donors (Lipinski definition) is 2. The van der Waals surface area contributed by atoms with E-state index in [2.05, 4.69) is 10.3 Å². The van der Waals surface area contributed by atoms with Gasteiger partial charge in [-0.15, -0.1) is 0 Å². The lowest BCUT2D eigenvalue weighted by Gasteiger charge is -2.10. The van der Waals surface area contributed by atoms with Gasteiger partial charge in [0.15, 0.2) is 11.7 Å². The summed E-state index contributed by atoms with van der Waals surface area (Å²) in [5.74, 6) is 0.467. The lowest BCUT2D eigenvalue weighted by atomic mass is 10.1. The van der Waals surface area contributed by atoms with Crippen LogP contribution < -0.4 is 15.8 Å². The molecule has 2 aromatic rings. The van der Waals surface area contributed by atoms with E-state index < -0.39 is 0 Å². The average molecular weight is 291 g/mol. The molecule has 5 nitrogen and oxygen atoms in total. The van der Waals surface area contributed by atoms with Gasteiger partial charge >= 0.3 is 0 Å². The minimum absolute atomic E-state index is 0.0528. The van der Waals surface area contributed by atoms with Gasteiger partial charge in [-0.25, -0.2) is 4.98 Å². The van der Waals surface area contributed by atoms with Crippen molar-refractivity contribution in [3.05, 3.63) is 35.0 Å². The lowest BCUT2D eigenvalue weighted by Crippen LogP contribution is -2.20. The summed E-state index contributed by atoms with van der Waals surface area (Å²) >= 11 is 1.25. The van der Waals surface area contributed by atoms with Crippen LogP contribution in [0.2, 0.25) is 0 Å². The number of rotatable bonds is 4. The molecule has 0 aliphatic carbocycles. The monoisotopic (exact) mass is 291 g/mol. The van der Waals surface area contributed by atoms with Crippen molar-refractivity contribution in [3.63, 3.8) is 0 Å². The zero-order chi connectivity index (χ0) is 14.7. The summed E-state index contributed by atoms with van der Waals surface area (Å²) in [6, 6.07) is 5.75. The molecule has 0 spiro atoms. The summed E-state index contributed by atoms with van der Waals surface area (Å²) in [4.78, 5) is 15.9. The highest BCUT2D eigenvalue weighted by molar-refractivity contribution is 7.19. The van der Waals surface area contributed by atoms with Crippen LogP contribution in [0.4, 0.5) is 10.1 Å². The number of hydrogen-bond acceptors (Lipinski definition) is 5. The highest BCUT2D eigenvalue weighted by Gasteiger charge is 2.10. The minimum atomic E-state index is -0.250. The number of nitrogen functional groups attached to an aromatic ring is 1. The molecule has 0 atom stereocenters. The number of carbonyl (C=O) groups excluding carboxylic acids is 1. The Morgan fingerprint density at radius 1 is 1.40 bits per heavy atom. The first-order chi connectivity index (χ1) is 9.47. The number of ether oxygens (including phenoxy) is 1. The van der Waals surface area contributed by atoms with Crippen LogP contribution in [0.25, 0.3) is 0 Å². The Morgan fingerprint density at radius 2 is 2.15 bits per heavy atom. The van der Waals surface area contributed by atoms with E-state index in [1.807, 2.05) is 32.0 Å². The summed E-state index contributed by atoms with van der Waals surface area (Å²) < 4.78 is 5.52. The van der Waals surface area contributed by atoms with E-state index in [-0.39, 0.29) is 12.5 Å². The second-order valence-electron chi connectivity index (χ2n) is 4.50. The molecule has 0 bridgehead atoms. The maximum atomic E-state index is 11.8. The molecule has 0 aliphatic heterocycles. The van der Waals surface area contributed by atoms with Crippen LogP contribution in [-0.4, -0.2) is 17.5 Å². The third-order valence-corrected chi connectivity index (χ3v) is 3.89. The molecule has 2 rings (SSSR count). The molecule has 1 aromatic heterocycles. The van der Waals surface area contributed by atoms with Crippen LogP contribution in [0.3, 0.4) is 0 Å². The Hall–Kier alpha value is -2.08. The van der Waals surface area contributed by atoms with Gasteiger partial charge in [0.1, 0.15) is 10.8 Å². The maximum absolute atomic E-state index is 11.8. The first kappa shape index (κ1) is 14.3. The predicted octanol–water partition coefficient (Wildman–Crippen LogP) is 2.67. The summed E-state index contributed by atoms with van der Waals surface area (Å²) in [6.07, 6.45) is 0. The van der Waals surface area contributed by atoms with Crippen molar-refractivity contribution < 1.29 is 9.53 Å². The van der Waals surface area contributed by atoms with Crippen molar-refractivity contribution in [1.82, 2.24) is 4.98 Å². The molecular weight excluding hydrogens is 274 g/mol. The average Bonchev–Trinajstić information content (AvgIpc) is 2.70. The molecule has 20 heavy (non-hydrogen) atoms. The molecule has 106 valence electrons. The van der Waals surface area contributed by atoms with Crippen LogP contribution in [0.15, 0.2) is 18.2 Å². The molecular formula is C14H17N3O2S. The number of thiazole rings is 1. The molecule has 0 unspecified atom stereocenters. The van der Waals surface area contributed by atoms with Crippen LogP contribution in [0.5, 0.6) is 5.75 Å². The van der Waals surface area contributed by atoms with Gasteiger partial charge in [-0.05, 0) is 38.0 Å². The van der Waals surface area contributed by atoms with Crippen LogP contribution in [-0.2, 0) is 4.79 Å². The molecule has 1 aromatic carbocycles. The Bertz CT molecular complexity index is 618. The summed E-state index contributed by atoms with van der Waals surface area (Å²) in [5, 5.41) is 3.77. The largest absolute Gasteiger partial charge is 0.483 e. The lowest BCUT2D eigenvalue weighted by molar-refractivity contribution is -0.118. The third-order valence-electron chi connectivity index (χ3n) is 2.99. The first-order valence-corrected chi connectivity index (χ1v) is 7.01. The molecule has 0 aliphatic rings. The number of anilines is 2. The van der Waals surface area contributed by atoms with Gasteiger partial charge in [0.25, 0.3) is 5.91 Å². The van der Waals surface area contributed by atoms with Crippen LogP contribution in [0, 0.1) is 20.8 Å². The highest BCUT2D eigenvalue weighted by atomic mass is 32.1. The molecule has 0 fully saturated rings. The summed E-state index contributed by atoms with van der Waals surface area (Å²) in [7, 11) is 0. The number of nitrogens with one attached hydrogen (secondary N) is 1. The topological polar surface area (TPSA) is 77.2 Å². The number of aryl methyl sites for hydroxylation is 2. The second-order valence-corrected chi connectivity index (χ2v) is 5.53. The summed E-state index contributed by atoms with van der Waals surface area (Å²) in [5.41, 5.74) is 8.58. The number of amides is 1. The van der Waals surface area contributed by atoms with E-state index in [0.29, 0.717) is 10.1 Å². The van der Waals surface area contributed by atoms with Crippen molar-refractivity contribution in [1.29, 1.82) is 0 Å². The van der Waals surface area contributed by atoms with Gasteiger partial charge in [-0.2, -0.15) is 0 Å². The molecule has 1 heterocycles. The Kier molecular flexibility index (Phi) is 4.24. The van der Waals surface area contributed by atoms with Gasteiger partial charge in [0, 0.05) is 0 Å². The Morgan fingerprint density at radius 3 is 2.80 bits per heavy atom. The highest BCUT2D eigenvalue weighted by Crippen LogP contribution is 2.24. The van der Waals surface area contributed by atoms with Crippen molar-refractivity contribution in [2.45, 2.75) is 20.8 Å². The molecule has 6 heteroatoms. The molecule has 1 amide bonds. The van der Waals surface area contributed by atoms with Gasteiger partial charge in [-0.1, -0.05) is 23.5 Å². The van der Waals surface area contributed by atoms with Gasteiger partial charge < -0.3 is 10.5 Å². The normalized spacial score (nSPS) is 10.3. The SMILES string of the molecule is Cc1cccc(OCC(=O)Nc2nc(C)c(N)s2)c1C. The van der Waals surface area contributed by atoms with Crippen molar-refractivity contribution in [2.24, 2.45) is 0 Å². The zero-order valence-electron chi connectivity index (χ0n) is 11.7. The van der Waals surface area contributed by atoms with Gasteiger partial charge in [0.2, 0.25) is 0 Å². The molecule has 0 saturated carbocycles. The van der Waals surface area contributed by atoms with Crippen LogP contribution >= 0.6 is 11.3 Å². The van der Waals surface area contributed by atoms with Crippen LogP contribution in [0.1, 0.15) is 16.8 Å². The predicted molar refractivity (Wildman–Crippen MR) is 81.3 cm³/mol. The standard InChI is InChI=1S/C14H17N3O2S/c1-8-5-4-6-11(9(8)2)19-7-12(18)17-14-16-10(3)13(15)20-14/h4-6H,7,15H2,1-3H3,(H,16,17,18). The minimum Gasteiger partial charge on any atom is -0.483 e. The zero-order valence-corrected chi connectivity index (χ0v) is 12.5. The fraction of sp³-hybridized carbons (Fsp3) is 0.286.